The summed E-state index contributed by atoms with van der Waals surface area (Å²) >= 11 is 0. The Morgan fingerprint density at radius 3 is 2.70 bits per heavy atom. The number of aromatic nitrogens is 2. The average Bonchev–Trinajstić information content (AvgIpc) is 2.77. The van der Waals surface area contributed by atoms with E-state index >= 15 is 0 Å². The number of carbonyl (C=O) groups is 1. The molecule has 2 N–H and O–H groups in total. The minimum atomic E-state index is -0.442. The number of fused-ring (bicyclic) bond motifs is 1. The van der Waals surface area contributed by atoms with E-state index in [1.54, 1.807) is 12.6 Å². The highest BCUT2D eigenvalue weighted by molar-refractivity contribution is 5.91. The van der Waals surface area contributed by atoms with Gasteiger partial charge in [0.1, 0.15) is 11.6 Å². The summed E-state index contributed by atoms with van der Waals surface area (Å²) in [5.74, 6) is 2.27. The van der Waals surface area contributed by atoms with E-state index in [0.717, 1.165) is 22.4 Å². The van der Waals surface area contributed by atoms with E-state index in [4.69, 9.17) is 19.7 Å². The minimum Gasteiger partial charge on any atom is -0.493 e. The van der Waals surface area contributed by atoms with E-state index in [9.17, 15) is 4.79 Å². The van der Waals surface area contributed by atoms with Gasteiger partial charge in [-0.05, 0) is 44.5 Å². The second-order valence-corrected chi connectivity index (χ2v) is 6.68. The third-order valence-corrected chi connectivity index (χ3v) is 4.66. The standard InChI is InChI=1S/C22H26N4O4/c1-4-26(22-17-8-5-6-9-18(17)23-15(2)24-22)16-11-12-19(29-3)20(14-16)30-13-7-10-21(27)25-28/h5-6,8-9,11-12,14,28H,4,7,10,13H2,1-3H3,(H,25,27). The number of anilines is 2. The number of rotatable bonds is 9. The number of methoxy groups -OCH3 is 1. The van der Waals surface area contributed by atoms with Crippen molar-refractivity contribution in [2.75, 3.05) is 25.2 Å². The summed E-state index contributed by atoms with van der Waals surface area (Å²) < 4.78 is 11.3. The Hall–Kier alpha value is -3.39. The van der Waals surface area contributed by atoms with Crippen LogP contribution in [0.25, 0.3) is 10.9 Å². The first-order valence-electron chi connectivity index (χ1n) is 9.82. The maximum absolute atomic E-state index is 11.2. The minimum absolute atomic E-state index is 0.172. The van der Waals surface area contributed by atoms with E-state index in [-0.39, 0.29) is 6.42 Å². The highest BCUT2D eigenvalue weighted by Gasteiger charge is 2.16. The SMILES string of the molecule is CCN(c1ccc(OC)c(OCCCC(=O)NO)c1)c1nc(C)nc2ccccc12. The molecular weight excluding hydrogens is 384 g/mol. The summed E-state index contributed by atoms with van der Waals surface area (Å²) in [6.45, 7) is 4.96. The molecular formula is C22H26N4O4. The number of hydrogen-bond acceptors (Lipinski definition) is 7. The van der Waals surface area contributed by atoms with Gasteiger partial charge < -0.3 is 14.4 Å². The van der Waals surface area contributed by atoms with Gasteiger partial charge in [0.2, 0.25) is 5.91 Å². The number of ether oxygens (including phenoxy) is 2. The number of carbonyl (C=O) groups excluding carboxylic acids is 1. The van der Waals surface area contributed by atoms with Crippen LogP contribution in [0.15, 0.2) is 42.5 Å². The maximum Gasteiger partial charge on any atom is 0.243 e. The Bertz CT molecular complexity index is 1030. The fraction of sp³-hybridized carbons (Fsp3) is 0.318. The molecule has 0 aliphatic heterocycles. The molecule has 0 radical (unpaired) electrons. The van der Waals surface area contributed by atoms with Crippen LogP contribution in [0, 0.1) is 6.92 Å². The van der Waals surface area contributed by atoms with Gasteiger partial charge in [0.15, 0.2) is 11.5 Å². The van der Waals surface area contributed by atoms with Gasteiger partial charge in [0, 0.05) is 30.1 Å². The largest absolute Gasteiger partial charge is 0.493 e. The predicted molar refractivity (Wildman–Crippen MR) is 115 cm³/mol. The summed E-state index contributed by atoms with van der Waals surface area (Å²) in [7, 11) is 1.58. The molecule has 0 atom stereocenters. The topological polar surface area (TPSA) is 96.8 Å². The lowest BCUT2D eigenvalue weighted by molar-refractivity contribution is -0.129. The summed E-state index contributed by atoms with van der Waals surface area (Å²) in [6.07, 6.45) is 0.638. The highest BCUT2D eigenvalue weighted by atomic mass is 16.5. The van der Waals surface area contributed by atoms with Gasteiger partial charge in [-0.1, -0.05) is 12.1 Å². The molecule has 0 saturated carbocycles. The molecule has 1 heterocycles. The summed E-state index contributed by atoms with van der Waals surface area (Å²) in [5, 5.41) is 9.56. The molecule has 8 nitrogen and oxygen atoms in total. The third kappa shape index (κ3) is 4.77. The first kappa shape index (κ1) is 21.3. The molecule has 3 rings (SSSR count). The molecule has 2 aromatic carbocycles. The molecule has 0 fully saturated rings. The van der Waals surface area contributed by atoms with Crippen molar-refractivity contribution in [3.05, 3.63) is 48.3 Å². The number of nitrogens with zero attached hydrogens (tertiary/aromatic N) is 3. The lowest BCUT2D eigenvalue weighted by atomic mass is 10.2. The van der Waals surface area contributed by atoms with Gasteiger partial charge in [-0.15, -0.1) is 0 Å². The first-order chi connectivity index (χ1) is 14.6. The fourth-order valence-electron chi connectivity index (χ4n) is 3.25. The summed E-state index contributed by atoms with van der Waals surface area (Å²) in [5.41, 5.74) is 3.42. The van der Waals surface area contributed by atoms with Crippen LogP contribution < -0.4 is 19.9 Å². The Morgan fingerprint density at radius 1 is 1.17 bits per heavy atom. The van der Waals surface area contributed by atoms with E-state index in [1.165, 1.54) is 0 Å². The van der Waals surface area contributed by atoms with Crippen molar-refractivity contribution >= 4 is 28.3 Å². The molecule has 0 spiro atoms. The normalized spacial score (nSPS) is 10.7. The molecule has 8 heteroatoms. The second-order valence-electron chi connectivity index (χ2n) is 6.68. The van der Waals surface area contributed by atoms with Crippen molar-refractivity contribution in [1.29, 1.82) is 0 Å². The van der Waals surface area contributed by atoms with Crippen molar-refractivity contribution in [3.63, 3.8) is 0 Å². The molecule has 0 saturated heterocycles. The van der Waals surface area contributed by atoms with Crippen LogP contribution in [-0.2, 0) is 4.79 Å². The Balaban J connectivity index is 1.91. The molecule has 0 bridgehead atoms. The van der Waals surface area contributed by atoms with Gasteiger partial charge >= 0.3 is 0 Å². The van der Waals surface area contributed by atoms with Gasteiger partial charge in [-0.3, -0.25) is 10.0 Å². The number of nitrogens with one attached hydrogen (secondary N) is 1. The molecule has 1 aromatic heterocycles. The number of amides is 1. The van der Waals surface area contributed by atoms with Gasteiger partial charge in [-0.25, -0.2) is 15.4 Å². The van der Waals surface area contributed by atoms with Crippen LogP contribution in [0.1, 0.15) is 25.6 Å². The number of para-hydroxylation sites is 1. The number of benzene rings is 2. The lowest BCUT2D eigenvalue weighted by Gasteiger charge is -2.25. The zero-order chi connectivity index (χ0) is 21.5. The van der Waals surface area contributed by atoms with E-state index in [0.29, 0.717) is 36.9 Å². The predicted octanol–water partition coefficient (Wildman–Crippen LogP) is 3.77. The van der Waals surface area contributed by atoms with Crippen LogP contribution in [-0.4, -0.2) is 41.3 Å². The average molecular weight is 410 g/mol. The van der Waals surface area contributed by atoms with E-state index in [1.807, 2.05) is 49.4 Å². The van der Waals surface area contributed by atoms with Crippen LogP contribution in [0.3, 0.4) is 0 Å². The molecule has 0 unspecified atom stereocenters. The Kier molecular flexibility index (Phi) is 7.03. The van der Waals surface area contributed by atoms with Crippen LogP contribution in [0.5, 0.6) is 11.5 Å². The van der Waals surface area contributed by atoms with Crippen molar-refractivity contribution in [3.8, 4) is 11.5 Å². The van der Waals surface area contributed by atoms with Crippen molar-refractivity contribution in [1.82, 2.24) is 15.4 Å². The molecule has 30 heavy (non-hydrogen) atoms. The quantitative estimate of drug-likeness (QED) is 0.315. The third-order valence-electron chi connectivity index (χ3n) is 4.66. The Morgan fingerprint density at radius 2 is 1.97 bits per heavy atom. The van der Waals surface area contributed by atoms with E-state index in [2.05, 4.69) is 16.8 Å². The van der Waals surface area contributed by atoms with Crippen LogP contribution in [0.4, 0.5) is 11.5 Å². The van der Waals surface area contributed by atoms with Crippen LogP contribution in [0.2, 0.25) is 0 Å². The molecule has 0 aliphatic rings. The fourth-order valence-corrected chi connectivity index (χ4v) is 3.25. The maximum atomic E-state index is 11.2. The summed E-state index contributed by atoms with van der Waals surface area (Å²) in [4.78, 5) is 22.5. The van der Waals surface area contributed by atoms with Gasteiger partial charge in [-0.2, -0.15) is 0 Å². The zero-order valence-corrected chi connectivity index (χ0v) is 17.4. The molecule has 158 valence electrons. The van der Waals surface area contributed by atoms with Gasteiger partial charge in [0.25, 0.3) is 0 Å². The summed E-state index contributed by atoms with van der Waals surface area (Å²) in [6, 6.07) is 13.6. The second kappa shape index (κ2) is 9.89. The molecule has 3 aromatic rings. The molecule has 1 amide bonds. The first-order valence-corrected chi connectivity index (χ1v) is 9.82. The number of aryl methyl sites for hydroxylation is 1. The lowest BCUT2D eigenvalue weighted by Crippen LogP contribution is -2.19. The zero-order valence-electron chi connectivity index (χ0n) is 17.4. The van der Waals surface area contributed by atoms with Crippen molar-refractivity contribution in [2.45, 2.75) is 26.7 Å². The number of hydrogen-bond donors (Lipinski definition) is 2. The van der Waals surface area contributed by atoms with E-state index < -0.39 is 5.91 Å². The monoisotopic (exact) mass is 410 g/mol. The van der Waals surface area contributed by atoms with Crippen molar-refractivity contribution < 1.29 is 19.5 Å². The van der Waals surface area contributed by atoms with Crippen molar-refractivity contribution in [2.24, 2.45) is 0 Å². The number of hydroxylamine groups is 1. The highest BCUT2D eigenvalue weighted by Crippen LogP contribution is 2.36. The smallest absolute Gasteiger partial charge is 0.243 e. The molecule has 0 aliphatic carbocycles. The van der Waals surface area contributed by atoms with Crippen LogP contribution >= 0.6 is 0 Å². The Labute approximate surface area is 175 Å². The van der Waals surface area contributed by atoms with Gasteiger partial charge in [0.05, 0.1) is 19.2 Å².